The number of fused-ring (bicyclic) bond motifs is 2. The van der Waals surface area contributed by atoms with E-state index in [-0.39, 0.29) is 0 Å². The van der Waals surface area contributed by atoms with Crippen molar-refractivity contribution in [3.05, 3.63) is 11.9 Å². The molecule has 2 bridgehead atoms. The Hall–Kier alpha value is -1.32. The van der Waals surface area contributed by atoms with Crippen molar-refractivity contribution in [3.63, 3.8) is 0 Å². The van der Waals surface area contributed by atoms with Crippen LogP contribution in [0, 0.1) is 17.8 Å². The molecular formula is C15H24N4. The molecule has 1 aromatic rings. The summed E-state index contributed by atoms with van der Waals surface area (Å²) >= 11 is 0. The third kappa shape index (κ3) is 2.53. The van der Waals surface area contributed by atoms with Crippen LogP contribution in [0.5, 0.6) is 0 Å². The molecule has 0 saturated heterocycles. The molecule has 104 valence electrons. The molecule has 2 saturated carbocycles. The van der Waals surface area contributed by atoms with E-state index >= 15 is 0 Å². The Kier molecular flexibility index (Phi) is 3.33. The van der Waals surface area contributed by atoms with Crippen molar-refractivity contribution in [1.29, 1.82) is 0 Å². The van der Waals surface area contributed by atoms with Gasteiger partial charge in [-0.05, 0) is 37.0 Å². The van der Waals surface area contributed by atoms with E-state index < -0.39 is 0 Å². The van der Waals surface area contributed by atoms with Gasteiger partial charge in [-0.25, -0.2) is 9.97 Å². The number of nitrogen functional groups attached to an aromatic ring is 1. The summed E-state index contributed by atoms with van der Waals surface area (Å²) in [5.74, 6) is 5.22. The van der Waals surface area contributed by atoms with Crippen molar-refractivity contribution in [1.82, 2.24) is 9.97 Å². The van der Waals surface area contributed by atoms with Crippen molar-refractivity contribution in [2.45, 2.75) is 39.0 Å². The van der Waals surface area contributed by atoms with E-state index in [4.69, 9.17) is 5.73 Å². The number of anilines is 2. The average molecular weight is 260 g/mol. The van der Waals surface area contributed by atoms with Crippen LogP contribution < -0.4 is 10.6 Å². The van der Waals surface area contributed by atoms with Crippen LogP contribution in [0.3, 0.4) is 0 Å². The summed E-state index contributed by atoms with van der Waals surface area (Å²) in [4.78, 5) is 11.1. The highest BCUT2D eigenvalue weighted by Crippen LogP contribution is 2.48. The van der Waals surface area contributed by atoms with Gasteiger partial charge in [0.2, 0.25) is 0 Å². The molecule has 0 spiro atoms. The zero-order valence-electron chi connectivity index (χ0n) is 12.0. The number of aryl methyl sites for hydroxylation is 1. The minimum absolute atomic E-state index is 0.585. The van der Waals surface area contributed by atoms with E-state index in [1.54, 1.807) is 0 Å². The molecular weight excluding hydrogens is 236 g/mol. The summed E-state index contributed by atoms with van der Waals surface area (Å²) in [7, 11) is 2.13. The number of rotatable bonds is 4. The standard InChI is InChI=1S/C15H24N4/c1-3-14-17-13(16)8-15(18-14)19(2)9-12-7-10-4-5-11(12)6-10/h8,10-12H,3-7,9H2,1-2H3,(H2,16,17,18). The number of hydrogen-bond acceptors (Lipinski definition) is 4. The quantitative estimate of drug-likeness (QED) is 0.903. The van der Waals surface area contributed by atoms with E-state index in [2.05, 4.69) is 28.8 Å². The van der Waals surface area contributed by atoms with E-state index in [1.165, 1.54) is 25.7 Å². The fourth-order valence-electron chi connectivity index (χ4n) is 3.90. The van der Waals surface area contributed by atoms with Gasteiger partial charge in [0.05, 0.1) is 0 Å². The molecule has 0 amide bonds. The lowest BCUT2D eigenvalue weighted by Crippen LogP contribution is -2.29. The molecule has 2 fully saturated rings. The van der Waals surface area contributed by atoms with E-state index in [9.17, 15) is 0 Å². The fraction of sp³-hybridized carbons (Fsp3) is 0.733. The molecule has 3 atom stereocenters. The second kappa shape index (κ2) is 4.99. The number of nitrogens with two attached hydrogens (primary N) is 1. The third-order valence-electron chi connectivity index (χ3n) is 4.88. The van der Waals surface area contributed by atoms with Crippen molar-refractivity contribution >= 4 is 11.6 Å². The maximum Gasteiger partial charge on any atom is 0.134 e. The highest BCUT2D eigenvalue weighted by molar-refractivity contribution is 5.46. The second-order valence-electron chi connectivity index (χ2n) is 6.24. The SMILES string of the molecule is CCc1nc(N)cc(N(C)CC2CC3CCC2C3)n1. The van der Waals surface area contributed by atoms with Gasteiger partial charge in [-0.2, -0.15) is 0 Å². The van der Waals surface area contributed by atoms with Crippen LogP contribution in [0.25, 0.3) is 0 Å². The van der Waals surface area contributed by atoms with E-state index in [0.29, 0.717) is 5.82 Å². The lowest BCUT2D eigenvalue weighted by Gasteiger charge is -2.28. The van der Waals surface area contributed by atoms with Gasteiger partial charge in [0, 0.05) is 26.1 Å². The molecule has 2 aliphatic carbocycles. The molecule has 2 N–H and O–H groups in total. The molecule has 19 heavy (non-hydrogen) atoms. The molecule has 0 aromatic carbocycles. The molecule has 2 aliphatic rings. The lowest BCUT2D eigenvalue weighted by molar-refractivity contribution is 0.337. The van der Waals surface area contributed by atoms with Crippen LogP contribution >= 0.6 is 0 Å². The summed E-state index contributed by atoms with van der Waals surface area (Å²) in [6, 6.07) is 1.90. The van der Waals surface area contributed by atoms with Crippen molar-refractivity contribution in [2.75, 3.05) is 24.2 Å². The first-order valence-corrected chi connectivity index (χ1v) is 7.50. The maximum absolute atomic E-state index is 5.86. The molecule has 0 radical (unpaired) electrons. The number of nitrogens with zero attached hydrogens (tertiary/aromatic N) is 3. The molecule has 0 aliphatic heterocycles. The Morgan fingerprint density at radius 2 is 2.16 bits per heavy atom. The van der Waals surface area contributed by atoms with Crippen LogP contribution in [-0.2, 0) is 6.42 Å². The molecule has 3 rings (SSSR count). The first-order chi connectivity index (χ1) is 9.15. The molecule has 3 unspecified atom stereocenters. The minimum atomic E-state index is 0.585. The first-order valence-electron chi connectivity index (χ1n) is 7.50. The summed E-state index contributed by atoms with van der Waals surface area (Å²) in [5.41, 5.74) is 5.86. The van der Waals surface area contributed by atoms with Gasteiger partial charge in [0.15, 0.2) is 0 Å². The van der Waals surface area contributed by atoms with Gasteiger partial charge in [0.1, 0.15) is 17.5 Å². The highest BCUT2D eigenvalue weighted by Gasteiger charge is 2.39. The zero-order valence-corrected chi connectivity index (χ0v) is 12.0. The van der Waals surface area contributed by atoms with Crippen molar-refractivity contribution in [2.24, 2.45) is 17.8 Å². The number of aromatic nitrogens is 2. The molecule has 4 heteroatoms. The Morgan fingerprint density at radius 1 is 1.32 bits per heavy atom. The fourth-order valence-corrected chi connectivity index (χ4v) is 3.90. The van der Waals surface area contributed by atoms with Crippen LogP contribution in [0.1, 0.15) is 38.4 Å². The average Bonchev–Trinajstić information content (AvgIpc) is 3.00. The Balaban J connectivity index is 1.70. The normalized spacial score (nSPS) is 28.8. The second-order valence-corrected chi connectivity index (χ2v) is 6.24. The van der Waals surface area contributed by atoms with Crippen molar-refractivity contribution in [3.8, 4) is 0 Å². The van der Waals surface area contributed by atoms with Crippen molar-refractivity contribution < 1.29 is 0 Å². The monoisotopic (exact) mass is 260 g/mol. The lowest BCUT2D eigenvalue weighted by atomic mass is 9.88. The van der Waals surface area contributed by atoms with Crippen LogP contribution in [0.2, 0.25) is 0 Å². The smallest absolute Gasteiger partial charge is 0.134 e. The summed E-state index contributed by atoms with van der Waals surface area (Å²) in [5, 5.41) is 0. The molecule has 1 heterocycles. The minimum Gasteiger partial charge on any atom is -0.384 e. The predicted octanol–water partition coefficient (Wildman–Crippen LogP) is 2.49. The van der Waals surface area contributed by atoms with E-state index in [1.807, 2.05) is 6.07 Å². The van der Waals surface area contributed by atoms with Gasteiger partial charge in [0.25, 0.3) is 0 Å². The van der Waals surface area contributed by atoms with Gasteiger partial charge in [-0.1, -0.05) is 13.3 Å². The Bertz CT molecular complexity index is 459. The van der Waals surface area contributed by atoms with Gasteiger partial charge in [-0.15, -0.1) is 0 Å². The Morgan fingerprint density at radius 3 is 2.79 bits per heavy atom. The topological polar surface area (TPSA) is 55.0 Å². The predicted molar refractivity (Wildman–Crippen MR) is 78.0 cm³/mol. The van der Waals surface area contributed by atoms with Crippen LogP contribution in [0.4, 0.5) is 11.6 Å². The van der Waals surface area contributed by atoms with Crippen LogP contribution in [-0.4, -0.2) is 23.6 Å². The third-order valence-corrected chi connectivity index (χ3v) is 4.88. The Labute approximate surface area is 115 Å². The van der Waals surface area contributed by atoms with Gasteiger partial charge in [-0.3, -0.25) is 0 Å². The highest BCUT2D eigenvalue weighted by atomic mass is 15.2. The summed E-state index contributed by atoms with van der Waals surface area (Å²) < 4.78 is 0. The van der Waals surface area contributed by atoms with Gasteiger partial charge < -0.3 is 10.6 Å². The zero-order chi connectivity index (χ0) is 13.4. The molecule has 1 aromatic heterocycles. The largest absolute Gasteiger partial charge is 0.384 e. The summed E-state index contributed by atoms with van der Waals surface area (Å²) in [6.07, 6.45) is 6.61. The van der Waals surface area contributed by atoms with E-state index in [0.717, 1.165) is 42.4 Å². The first kappa shape index (κ1) is 12.7. The maximum atomic E-state index is 5.86. The van der Waals surface area contributed by atoms with Gasteiger partial charge >= 0.3 is 0 Å². The summed E-state index contributed by atoms with van der Waals surface area (Å²) in [6.45, 7) is 3.18. The van der Waals surface area contributed by atoms with Crippen LogP contribution in [0.15, 0.2) is 6.07 Å². The molecule has 4 nitrogen and oxygen atoms in total. The number of hydrogen-bond donors (Lipinski definition) is 1.